The number of nitrogens with zero attached hydrogens (tertiary/aromatic N) is 6. The summed E-state index contributed by atoms with van der Waals surface area (Å²) < 4.78 is 36.2. The zero-order chi connectivity index (χ0) is 23.8. The van der Waals surface area contributed by atoms with E-state index >= 15 is 0 Å². The lowest BCUT2D eigenvalue weighted by Crippen LogP contribution is -2.41. The van der Waals surface area contributed by atoms with Gasteiger partial charge in [0.2, 0.25) is 0 Å². The quantitative estimate of drug-likeness (QED) is 0.600. The highest BCUT2D eigenvalue weighted by Crippen LogP contribution is 2.34. The molecule has 2 aliphatic rings. The molecule has 1 atom stereocenters. The Labute approximate surface area is 196 Å². The number of fused-ring (bicyclic) bond motifs is 1. The van der Waals surface area contributed by atoms with Gasteiger partial charge in [-0.25, -0.2) is 18.3 Å². The summed E-state index contributed by atoms with van der Waals surface area (Å²) in [5, 5.41) is 11.0. The molecule has 9 nitrogen and oxygen atoms in total. The van der Waals surface area contributed by atoms with Gasteiger partial charge < -0.3 is 15.0 Å². The zero-order valence-electron chi connectivity index (χ0n) is 19.3. The van der Waals surface area contributed by atoms with E-state index in [0.717, 1.165) is 25.7 Å². The standard InChI is InChI=1S/C23H29F2N7O2/c1-14-3-5-16(6-4-14)32-13-18(20(29-32)21(24)25)27-23(33)17-11-26-31-8-7-19(28-22(17)31)30-9-10-34-15(2)12-30/h7-8,11,13-16,21H,3-6,9-10,12H2,1-2H3,(H,27,33)/t14-,15-,16-/m1/s1. The maximum absolute atomic E-state index is 13.7. The lowest BCUT2D eigenvalue weighted by atomic mass is 9.87. The van der Waals surface area contributed by atoms with Crippen LogP contribution in [0.25, 0.3) is 5.65 Å². The normalized spacial score (nSPS) is 23.6. The highest BCUT2D eigenvalue weighted by Gasteiger charge is 2.27. The van der Waals surface area contributed by atoms with Gasteiger partial charge in [0.1, 0.15) is 11.4 Å². The number of hydrogen-bond donors (Lipinski definition) is 1. The van der Waals surface area contributed by atoms with E-state index < -0.39 is 18.0 Å². The average molecular weight is 474 g/mol. The molecule has 1 aliphatic carbocycles. The Morgan fingerprint density at radius 2 is 2.03 bits per heavy atom. The maximum Gasteiger partial charge on any atom is 0.284 e. The van der Waals surface area contributed by atoms with Gasteiger partial charge in [-0.15, -0.1) is 0 Å². The molecule has 0 aromatic carbocycles. The van der Waals surface area contributed by atoms with Crippen LogP contribution in [0.1, 0.15) is 68.0 Å². The number of halogens is 2. The van der Waals surface area contributed by atoms with Gasteiger partial charge in [-0.2, -0.15) is 10.2 Å². The first-order valence-electron chi connectivity index (χ1n) is 11.8. The van der Waals surface area contributed by atoms with E-state index in [9.17, 15) is 13.6 Å². The highest BCUT2D eigenvalue weighted by molar-refractivity contribution is 6.08. The van der Waals surface area contributed by atoms with Crippen molar-refractivity contribution in [1.82, 2.24) is 24.4 Å². The molecule has 2 fully saturated rings. The Balaban J connectivity index is 1.39. The van der Waals surface area contributed by atoms with Crippen molar-refractivity contribution in [1.29, 1.82) is 0 Å². The Bertz CT molecular complexity index is 1170. The second kappa shape index (κ2) is 9.28. The van der Waals surface area contributed by atoms with Crippen LogP contribution in [0.4, 0.5) is 20.3 Å². The third kappa shape index (κ3) is 4.48. The number of aromatic nitrogens is 5. The molecule has 0 spiro atoms. The number of amides is 1. The van der Waals surface area contributed by atoms with E-state index in [-0.39, 0.29) is 23.4 Å². The smallest absolute Gasteiger partial charge is 0.284 e. The van der Waals surface area contributed by atoms with Crippen LogP contribution in [0.2, 0.25) is 0 Å². The summed E-state index contributed by atoms with van der Waals surface area (Å²) in [6.07, 6.45) is 5.80. The van der Waals surface area contributed by atoms with Gasteiger partial charge in [0.25, 0.3) is 12.3 Å². The lowest BCUT2D eigenvalue weighted by molar-refractivity contribution is 0.0529. The monoisotopic (exact) mass is 473 g/mol. The van der Waals surface area contributed by atoms with Crippen molar-refractivity contribution in [3.05, 3.63) is 35.9 Å². The number of rotatable bonds is 5. The van der Waals surface area contributed by atoms with E-state index in [4.69, 9.17) is 4.74 Å². The molecule has 1 aliphatic heterocycles. The molecular formula is C23H29F2N7O2. The van der Waals surface area contributed by atoms with E-state index in [1.807, 2.05) is 13.0 Å². The minimum absolute atomic E-state index is 0.0242. The van der Waals surface area contributed by atoms with Crippen molar-refractivity contribution in [2.24, 2.45) is 5.92 Å². The first-order valence-corrected chi connectivity index (χ1v) is 11.8. The molecule has 4 heterocycles. The van der Waals surface area contributed by atoms with Crippen LogP contribution in [0, 0.1) is 5.92 Å². The predicted octanol–water partition coefficient (Wildman–Crippen LogP) is 4.09. The fraction of sp³-hybridized carbons (Fsp3) is 0.565. The van der Waals surface area contributed by atoms with Crippen molar-refractivity contribution < 1.29 is 18.3 Å². The number of anilines is 2. The summed E-state index contributed by atoms with van der Waals surface area (Å²) in [6, 6.07) is 1.90. The molecule has 1 saturated heterocycles. The van der Waals surface area contributed by atoms with Crippen LogP contribution >= 0.6 is 0 Å². The van der Waals surface area contributed by atoms with Crippen molar-refractivity contribution in [3.63, 3.8) is 0 Å². The Morgan fingerprint density at radius 3 is 2.76 bits per heavy atom. The second-order valence-corrected chi connectivity index (χ2v) is 9.32. The molecule has 0 unspecified atom stereocenters. The van der Waals surface area contributed by atoms with E-state index in [2.05, 4.69) is 32.3 Å². The third-order valence-corrected chi connectivity index (χ3v) is 6.74. The minimum Gasteiger partial charge on any atom is -0.375 e. The van der Waals surface area contributed by atoms with Crippen LogP contribution in [0.15, 0.2) is 24.7 Å². The number of ether oxygens (including phenoxy) is 1. The summed E-state index contributed by atoms with van der Waals surface area (Å²) >= 11 is 0. The SMILES string of the molecule is C[C@@H]1CN(c2ccn3ncc(C(=O)Nc4cn([C@H]5CC[C@H](C)CC5)nc4C(F)F)c3n2)CCO1. The first-order chi connectivity index (χ1) is 16.4. The molecule has 1 amide bonds. The maximum atomic E-state index is 13.7. The molecule has 1 N–H and O–H groups in total. The summed E-state index contributed by atoms with van der Waals surface area (Å²) in [5.74, 6) is 0.799. The van der Waals surface area contributed by atoms with Crippen molar-refractivity contribution in [2.75, 3.05) is 29.9 Å². The van der Waals surface area contributed by atoms with E-state index in [0.29, 0.717) is 37.1 Å². The number of carbonyl (C=O) groups excluding carboxylic acids is 1. The minimum atomic E-state index is -2.80. The van der Waals surface area contributed by atoms with Gasteiger partial charge in [-0.3, -0.25) is 9.48 Å². The number of nitrogens with one attached hydrogen (secondary N) is 1. The first kappa shape index (κ1) is 22.7. The molecule has 5 rings (SSSR count). The fourth-order valence-corrected chi connectivity index (χ4v) is 4.77. The Morgan fingerprint density at radius 1 is 1.24 bits per heavy atom. The molecular weight excluding hydrogens is 444 g/mol. The van der Waals surface area contributed by atoms with Gasteiger partial charge >= 0.3 is 0 Å². The van der Waals surface area contributed by atoms with Crippen LogP contribution < -0.4 is 10.2 Å². The van der Waals surface area contributed by atoms with E-state index in [1.54, 1.807) is 10.9 Å². The van der Waals surface area contributed by atoms with Gasteiger partial charge in [-0.05, 0) is 44.6 Å². The van der Waals surface area contributed by atoms with Gasteiger partial charge in [-0.1, -0.05) is 6.92 Å². The molecule has 3 aromatic rings. The summed E-state index contributed by atoms with van der Waals surface area (Å²) in [6.45, 7) is 6.18. The average Bonchev–Trinajstić information content (AvgIpc) is 3.43. The van der Waals surface area contributed by atoms with Crippen LogP contribution in [-0.2, 0) is 4.74 Å². The summed E-state index contributed by atoms with van der Waals surface area (Å²) in [7, 11) is 0. The number of carbonyl (C=O) groups is 1. The topological polar surface area (TPSA) is 89.6 Å². The number of morpholine rings is 1. The lowest BCUT2D eigenvalue weighted by Gasteiger charge is -2.31. The molecule has 0 bridgehead atoms. The van der Waals surface area contributed by atoms with Gasteiger partial charge in [0, 0.05) is 25.5 Å². The molecule has 0 radical (unpaired) electrons. The fourth-order valence-electron chi connectivity index (χ4n) is 4.77. The Hall–Kier alpha value is -3.08. The van der Waals surface area contributed by atoms with Crippen LogP contribution in [0.5, 0.6) is 0 Å². The molecule has 1 saturated carbocycles. The highest BCUT2D eigenvalue weighted by atomic mass is 19.3. The molecule has 34 heavy (non-hydrogen) atoms. The predicted molar refractivity (Wildman–Crippen MR) is 122 cm³/mol. The largest absolute Gasteiger partial charge is 0.375 e. The molecule has 3 aromatic heterocycles. The molecule has 11 heteroatoms. The third-order valence-electron chi connectivity index (χ3n) is 6.74. The number of hydrogen-bond acceptors (Lipinski definition) is 6. The molecule has 182 valence electrons. The summed E-state index contributed by atoms with van der Waals surface area (Å²) in [5.41, 5.74) is 0.180. The van der Waals surface area contributed by atoms with Gasteiger partial charge in [0.05, 0.1) is 30.6 Å². The number of alkyl halides is 2. The van der Waals surface area contributed by atoms with E-state index in [1.165, 1.54) is 16.9 Å². The zero-order valence-corrected chi connectivity index (χ0v) is 19.3. The van der Waals surface area contributed by atoms with Gasteiger partial charge in [0.15, 0.2) is 11.3 Å². The summed E-state index contributed by atoms with van der Waals surface area (Å²) in [4.78, 5) is 19.8. The van der Waals surface area contributed by atoms with Crippen molar-refractivity contribution in [3.8, 4) is 0 Å². The van der Waals surface area contributed by atoms with Crippen molar-refractivity contribution >= 4 is 23.1 Å². The van der Waals surface area contributed by atoms with Crippen LogP contribution in [0.3, 0.4) is 0 Å². The Kier molecular flexibility index (Phi) is 6.20. The van der Waals surface area contributed by atoms with Crippen LogP contribution in [-0.4, -0.2) is 56.1 Å². The van der Waals surface area contributed by atoms with Crippen molar-refractivity contribution in [2.45, 2.75) is 58.1 Å². The second-order valence-electron chi connectivity index (χ2n) is 9.32.